The molecule has 22 nitrogen and oxygen atoms in total. The minimum absolute atomic E-state index is 0.0526. The zero-order chi connectivity index (χ0) is 70.7. The zero-order valence-corrected chi connectivity index (χ0v) is 55.6. The summed E-state index contributed by atoms with van der Waals surface area (Å²) in [6.45, 7) is -0.236. The van der Waals surface area contributed by atoms with Gasteiger partial charge in [-0.15, -0.1) is 34.0 Å². The highest BCUT2D eigenvalue weighted by Gasteiger charge is 2.71. The first-order valence-corrected chi connectivity index (χ1v) is 33.3. The van der Waals surface area contributed by atoms with E-state index in [1.165, 1.54) is 13.8 Å². The molecule has 13 rings (SSSR count). The molecule has 0 radical (unpaired) electrons. The second-order valence-corrected chi connectivity index (χ2v) is 26.1. The van der Waals surface area contributed by atoms with Crippen molar-refractivity contribution in [3.05, 3.63) is 272 Å². The van der Waals surface area contributed by atoms with Crippen LogP contribution in [0.25, 0.3) is 24.4 Å². The topological polar surface area (TPSA) is 305 Å². The van der Waals surface area contributed by atoms with Crippen LogP contribution >= 0.6 is 34.0 Å². The SMILES string of the molecule is CC1=C(C#N)C(=O)N(C(=O)OCc2ccccc2)C(=O)/C1=N/C1=CC2=C(c3sc4c(sc5cc(/N=C6/C(=O)N(C(=O)OCc7ccccc7)C(=O)C(C#N)=C6C)sc54)c3C2(C(=O)OCc2ccccc2)C(=O)OCc2ccccc2)C1(C(=O)OCc1ccccc1)C(=O)OCc1ccccc1. The number of thiophene rings is 3. The first kappa shape index (κ1) is 66.9. The van der Waals surface area contributed by atoms with Crippen LogP contribution < -0.4 is 0 Å². The van der Waals surface area contributed by atoms with Gasteiger partial charge in [-0.3, -0.25) is 38.4 Å². The number of carbonyl (C=O) groups is 10. The molecular weight excluding hydrogens is 1350 g/mol. The van der Waals surface area contributed by atoms with Gasteiger partial charge in [-0.2, -0.15) is 20.3 Å². The molecule has 2 aliphatic heterocycles. The van der Waals surface area contributed by atoms with Gasteiger partial charge in [-0.05, 0) is 64.9 Å². The maximum Gasteiger partial charge on any atom is 0.424 e. The lowest BCUT2D eigenvalue weighted by molar-refractivity contribution is -0.167. The summed E-state index contributed by atoms with van der Waals surface area (Å²) in [5.41, 5.74) is -8.18. The number of hydrogen-bond donors (Lipinski definition) is 0. The molecular formula is C76H50N6O16S3. The highest BCUT2D eigenvalue weighted by molar-refractivity contribution is 7.40. The van der Waals surface area contributed by atoms with Gasteiger partial charge in [0.2, 0.25) is 10.8 Å². The van der Waals surface area contributed by atoms with Gasteiger partial charge >= 0.3 is 36.1 Å². The summed E-state index contributed by atoms with van der Waals surface area (Å²) in [7, 11) is 0. The minimum Gasteiger partial charge on any atom is -0.459 e. The van der Waals surface area contributed by atoms with Crippen LogP contribution in [-0.4, -0.2) is 80.9 Å². The van der Waals surface area contributed by atoms with Crippen molar-refractivity contribution in [2.45, 2.75) is 58.9 Å². The van der Waals surface area contributed by atoms with Gasteiger partial charge in [0.05, 0.1) is 19.8 Å². The summed E-state index contributed by atoms with van der Waals surface area (Å²) in [4.78, 5) is 161. The van der Waals surface area contributed by atoms with E-state index in [0.29, 0.717) is 47.5 Å². The first-order chi connectivity index (χ1) is 49.0. The molecule has 5 heterocycles. The Labute approximate surface area is 585 Å². The van der Waals surface area contributed by atoms with Crippen molar-refractivity contribution in [2.75, 3.05) is 0 Å². The molecule has 3 aromatic heterocycles. The monoisotopic (exact) mass is 1400 g/mol. The van der Waals surface area contributed by atoms with Crippen LogP contribution in [0.1, 0.15) is 57.7 Å². The molecule has 0 spiro atoms. The molecule has 0 bridgehead atoms. The largest absolute Gasteiger partial charge is 0.459 e. The van der Waals surface area contributed by atoms with Crippen LogP contribution in [0.2, 0.25) is 0 Å². The second kappa shape index (κ2) is 28.0. The number of esters is 4. The number of nitriles is 2. The average Bonchev–Trinajstić information content (AvgIpc) is 1.49. The third kappa shape index (κ3) is 12.1. The summed E-state index contributed by atoms with van der Waals surface area (Å²) in [5, 5.41) is 21.0. The summed E-state index contributed by atoms with van der Waals surface area (Å²) in [6, 6.07) is 55.4. The third-order valence-electron chi connectivity index (χ3n) is 16.9. The molecule has 9 aromatic rings. The van der Waals surface area contributed by atoms with Gasteiger partial charge in [0.15, 0.2) is 0 Å². The number of amides is 6. The van der Waals surface area contributed by atoms with Gasteiger partial charge in [-0.1, -0.05) is 182 Å². The van der Waals surface area contributed by atoms with Crippen LogP contribution in [0, 0.1) is 28.1 Å². The van der Waals surface area contributed by atoms with Gasteiger partial charge in [0.1, 0.15) is 79.4 Å². The molecule has 6 amide bonds. The predicted molar refractivity (Wildman–Crippen MR) is 367 cm³/mol. The van der Waals surface area contributed by atoms with Crippen molar-refractivity contribution < 1.29 is 76.4 Å². The lowest BCUT2D eigenvalue weighted by atomic mass is 9.77. The standard InChI is InChI=1S/C76H50N6O16S3/c1-43-51(35-77)65(83)81(73(91)97-41-49-29-17-7-18-30-49)67(85)59(43)79-55-33-53-57(76(55,71(89)95-39-47-25-13-5-14-26-47)72(90)96-40-48-27-15-6-16-28-48)62-58(75(53,69(87)93-37-45-21-9-3-10-22-45)70(88)94-38-46-23-11-4-12-24-46)63-64(101-62)61-54(99-63)34-56(100-61)80-60-44(2)52(36-78)66(84)82(68(60)86)74(92)98-42-50-31-19-8-20-32-50/h3-34H,37-42H2,1-2H3/b79-59+,80-60+. The Balaban J connectivity index is 1.05. The predicted octanol–water partition coefficient (Wildman–Crippen LogP) is 12.6. The molecule has 0 saturated heterocycles. The Bertz CT molecular complexity index is 5160. The minimum atomic E-state index is -3.14. The maximum atomic E-state index is 16.4. The Morgan fingerprint density at radius 3 is 1.14 bits per heavy atom. The van der Waals surface area contributed by atoms with E-state index in [1.807, 2.05) is 0 Å². The van der Waals surface area contributed by atoms with E-state index >= 15 is 24.0 Å². The molecule has 6 aromatic carbocycles. The van der Waals surface area contributed by atoms with Crippen molar-refractivity contribution in [1.29, 1.82) is 10.5 Å². The Kier molecular flexibility index (Phi) is 18.6. The van der Waals surface area contributed by atoms with Gasteiger partial charge in [0.25, 0.3) is 23.6 Å². The van der Waals surface area contributed by atoms with E-state index in [4.69, 9.17) is 33.4 Å². The number of ether oxygens (including phenoxy) is 6. The number of benzene rings is 6. The van der Waals surface area contributed by atoms with Crippen LogP contribution in [0.15, 0.2) is 238 Å². The van der Waals surface area contributed by atoms with E-state index in [1.54, 1.807) is 200 Å². The van der Waals surface area contributed by atoms with Crippen molar-refractivity contribution in [2.24, 2.45) is 15.4 Å². The fourth-order valence-electron chi connectivity index (χ4n) is 11.9. The van der Waals surface area contributed by atoms with Crippen molar-refractivity contribution in [3.63, 3.8) is 0 Å². The maximum absolute atomic E-state index is 16.4. The highest BCUT2D eigenvalue weighted by atomic mass is 32.1. The number of allylic oxidation sites excluding steroid dienone is 1. The van der Waals surface area contributed by atoms with E-state index in [0.717, 1.165) is 40.1 Å². The number of imide groups is 6. The molecule has 25 heteroatoms. The molecule has 0 fully saturated rings. The molecule has 0 atom stereocenters. The van der Waals surface area contributed by atoms with Crippen LogP contribution in [-0.2, 0) is 112 Å². The number of aliphatic imine (C=N–C) groups is 2. The first-order valence-electron chi connectivity index (χ1n) is 30.9. The number of hydrogen-bond acceptors (Lipinski definition) is 23. The summed E-state index contributed by atoms with van der Waals surface area (Å²) < 4.78 is 37.3. The number of nitrogens with zero attached hydrogens (tertiary/aromatic N) is 6. The van der Waals surface area contributed by atoms with Crippen molar-refractivity contribution >= 4 is 135 Å². The summed E-state index contributed by atoms with van der Waals surface area (Å²) in [6.07, 6.45) is -1.81. The van der Waals surface area contributed by atoms with E-state index in [9.17, 15) is 34.5 Å². The van der Waals surface area contributed by atoms with Crippen LogP contribution in [0.5, 0.6) is 0 Å². The van der Waals surface area contributed by atoms with Crippen molar-refractivity contribution in [1.82, 2.24) is 9.80 Å². The van der Waals surface area contributed by atoms with E-state index in [2.05, 4.69) is 4.99 Å². The Morgan fingerprint density at radius 2 is 0.772 bits per heavy atom. The quantitative estimate of drug-likeness (QED) is 0.0333. The molecule has 101 heavy (non-hydrogen) atoms. The average molecular weight is 1400 g/mol. The number of carbonyl (C=O) groups excluding carboxylic acids is 10. The lowest BCUT2D eigenvalue weighted by Gasteiger charge is -2.30. The summed E-state index contributed by atoms with van der Waals surface area (Å²) in [5.74, 6) is -10.7. The van der Waals surface area contributed by atoms with Gasteiger partial charge in [-0.25, -0.2) is 19.6 Å². The zero-order valence-electron chi connectivity index (χ0n) is 53.2. The van der Waals surface area contributed by atoms with Gasteiger partial charge < -0.3 is 28.4 Å². The van der Waals surface area contributed by atoms with Crippen molar-refractivity contribution in [3.8, 4) is 12.1 Å². The van der Waals surface area contributed by atoms with E-state index in [-0.39, 0.29) is 42.1 Å². The van der Waals surface area contributed by atoms with Crippen LogP contribution in [0.4, 0.5) is 14.6 Å². The van der Waals surface area contributed by atoms with E-state index < -0.39 is 149 Å². The molecule has 0 unspecified atom stereocenters. The lowest BCUT2D eigenvalue weighted by Crippen LogP contribution is -2.50. The molecule has 0 saturated carbocycles. The molecule has 2 aliphatic carbocycles. The normalized spacial score (nSPS) is 16.1. The molecule has 0 N–H and O–H groups in total. The number of fused-ring (bicyclic) bond motifs is 6. The smallest absolute Gasteiger partial charge is 0.424 e. The third-order valence-corrected chi connectivity index (χ3v) is 20.7. The van der Waals surface area contributed by atoms with Gasteiger partial charge in [0, 0.05) is 31.9 Å². The highest BCUT2D eigenvalue weighted by Crippen LogP contribution is 2.67. The molecule has 498 valence electrons. The van der Waals surface area contributed by atoms with Crippen LogP contribution in [0.3, 0.4) is 0 Å². The second-order valence-electron chi connectivity index (χ2n) is 23.0. The fourth-order valence-corrected chi connectivity index (χ4v) is 16.3. The Morgan fingerprint density at radius 1 is 0.426 bits per heavy atom. The summed E-state index contributed by atoms with van der Waals surface area (Å²) >= 11 is 2.90. The Hall–Kier alpha value is -12.7. The fraction of sp³-hybridized carbons (Fsp3) is 0.132. The molecule has 4 aliphatic rings. The number of rotatable bonds is 18.